The van der Waals surface area contributed by atoms with Gasteiger partial charge in [0.2, 0.25) is 5.75 Å². The van der Waals surface area contributed by atoms with Crippen LogP contribution in [0, 0.1) is 20.8 Å². The van der Waals surface area contributed by atoms with Crippen molar-refractivity contribution in [3.05, 3.63) is 68.8 Å². The summed E-state index contributed by atoms with van der Waals surface area (Å²) in [6, 6.07) is 8.42. The van der Waals surface area contributed by atoms with Crippen LogP contribution in [0.1, 0.15) is 37.6 Å². The third-order valence-corrected chi connectivity index (χ3v) is 5.65. The molecule has 7 heteroatoms. The van der Waals surface area contributed by atoms with Crippen molar-refractivity contribution in [1.29, 1.82) is 0 Å². The third-order valence-electron chi connectivity index (χ3n) is 5.65. The first-order chi connectivity index (χ1) is 14.3. The molecular weight excluding hydrogens is 386 g/mol. The molecule has 4 aromatic rings. The standard InChI is InChI=1S/C23H17NO6/c1-10-9-15-17(24-21(25)13-7-5-6-8-14(13)22(24)26)16-11(2)12(3)23(27)30-19(16)20(28-4)18(15)29-10/h5-9H,1-4H3. The number of methoxy groups -OCH3 is 1. The SMILES string of the molecule is COc1c2oc(C)cc2c(N2C(=O)c3ccccc3C2=O)c2c(C)c(C)c(=O)oc12. The van der Waals surface area contributed by atoms with E-state index in [0.29, 0.717) is 50.1 Å². The predicted molar refractivity (Wildman–Crippen MR) is 111 cm³/mol. The number of carbonyl (C=O) groups is 2. The minimum absolute atomic E-state index is 0.138. The zero-order valence-corrected chi connectivity index (χ0v) is 16.8. The number of anilines is 1. The number of hydrogen-bond donors (Lipinski definition) is 0. The molecule has 5 rings (SSSR count). The molecule has 0 unspecified atom stereocenters. The minimum Gasteiger partial charge on any atom is -0.490 e. The van der Waals surface area contributed by atoms with Crippen LogP contribution in [0.2, 0.25) is 0 Å². The van der Waals surface area contributed by atoms with Gasteiger partial charge in [-0.25, -0.2) is 9.69 Å². The van der Waals surface area contributed by atoms with E-state index >= 15 is 0 Å². The van der Waals surface area contributed by atoms with Gasteiger partial charge in [0.05, 0.1) is 23.9 Å². The maximum absolute atomic E-state index is 13.3. The first-order valence-electron chi connectivity index (χ1n) is 9.37. The molecule has 30 heavy (non-hydrogen) atoms. The zero-order chi connectivity index (χ0) is 21.3. The van der Waals surface area contributed by atoms with Crippen LogP contribution < -0.4 is 15.3 Å². The van der Waals surface area contributed by atoms with Crippen molar-refractivity contribution in [2.75, 3.05) is 12.0 Å². The lowest BCUT2D eigenvalue weighted by atomic mass is 10.0. The number of benzene rings is 2. The molecule has 1 aliphatic rings. The smallest absolute Gasteiger partial charge is 0.339 e. The van der Waals surface area contributed by atoms with Gasteiger partial charge in [-0.15, -0.1) is 0 Å². The molecule has 0 bridgehead atoms. The second kappa shape index (κ2) is 6.06. The number of ether oxygens (including phenoxy) is 1. The van der Waals surface area contributed by atoms with Crippen molar-refractivity contribution in [2.24, 2.45) is 0 Å². The van der Waals surface area contributed by atoms with E-state index in [1.165, 1.54) is 7.11 Å². The maximum Gasteiger partial charge on any atom is 0.339 e. The van der Waals surface area contributed by atoms with Crippen LogP contribution in [-0.4, -0.2) is 18.9 Å². The fourth-order valence-corrected chi connectivity index (χ4v) is 4.08. The van der Waals surface area contributed by atoms with Gasteiger partial charge < -0.3 is 13.6 Å². The van der Waals surface area contributed by atoms with Gasteiger partial charge in [0.1, 0.15) is 5.76 Å². The molecule has 2 aromatic heterocycles. The summed E-state index contributed by atoms with van der Waals surface area (Å²) in [7, 11) is 1.45. The Kier molecular flexibility index (Phi) is 3.67. The molecule has 0 atom stereocenters. The number of nitrogens with zero attached hydrogens (tertiary/aromatic N) is 1. The Labute approximate surface area is 170 Å². The lowest BCUT2D eigenvalue weighted by Crippen LogP contribution is -2.30. The van der Waals surface area contributed by atoms with E-state index in [4.69, 9.17) is 13.6 Å². The summed E-state index contributed by atoms with van der Waals surface area (Å²) in [6.45, 7) is 5.16. The summed E-state index contributed by atoms with van der Waals surface area (Å²) < 4.78 is 16.9. The fraction of sp³-hybridized carbons (Fsp3) is 0.174. The highest BCUT2D eigenvalue weighted by atomic mass is 16.5. The first-order valence-corrected chi connectivity index (χ1v) is 9.37. The van der Waals surface area contributed by atoms with Gasteiger partial charge in [-0.1, -0.05) is 12.1 Å². The monoisotopic (exact) mass is 403 g/mol. The highest BCUT2D eigenvalue weighted by molar-refractivity contribution is 6.38. The Hall–Kier alpha value is -3.87. The quantitative estimate of drug-likeness (QED) is 0.367. The van der Waals surface area contributed by atoms with Gasteiger partial charge in [-0.3, -0.25) is 9.59 Å². The van der Waals surface area contributed by atoms with Gasteiger partial charge in [0, 0.05) is 16.3 Å². The molecule has 1 aliphatic heterocycles. The molecule has 0 N–H and O–H groups in total. The third kappa shape index (κ3) is 2.17. The minimum atomic E-state index is -0.519. The van der Waals surface area contributed by atoms with Crippen molar-refractivity contribution in [1.82, 2.24) is 0 Å². The Morgan fingerprint density at radius 2 is 1.50 bits per heavy atom. The van der Waals surface area contributed by atoms with Crippen LogP contribution in [0.25, 0.3) is 21.9 Å². The molecule has 2 aromatic carbocycles. The van der Waals surface area contributed by atoms with Crippen molar-refractivity contribution in [2.45, 2.75) is 20.8 Å². The lowest BCUT2D eigenvalue weighted by molar-refractivity contribution is 0.0927. The van der Waals surface area contributed by atoms with E-state index in [1.54, 1.807) is 51.1 Å². The Morgan fingerprint density at radius 1 is 0.867 bits per heavy atom. The molecular formula is C23H17NO6. The van der Waals surface area contributed by atoms with Crippen molar-refractivity contribution in [3.8, 4) is 5.75 Å². The number of amides is 2. The number of rotatable bonds is 2. The molecule has 150 valence electrons. The molecule has 7 nitrogen and oxygen atoms in total. The van der Waals surface area contributed by atoms with Gasteiger partial charge in [-0.05, 0) is 44.5 Å². The van der Waals surface area contributed by atoms with Crippen LogP contribution in [0.15, 0.2) is 44.0 Å². The summed E-state index contributed by atoms with van der Waals surface area (Å²) >= 11 is 0. The van der Waals surface area contributed by atoms with Gasteiger partial charge >= 0.3 is 5.63 Å². The molecule has 0 saturated heterocycles. The Morgan fingerprint density at radius 3 is 2.10 bits per heavy atom. The molecule has 0 aliphatic carbocycles. The van der Waals surface area contributed by atoms with E-state index in [1.807, 2.05) is 0 Å². The molecule has 2 amide bonds. The van der Waals surface area contributed by atoms with Crippen molar-refractivity contribution < 1.29 is 23.2 Å². The van der Waals surface area contributed by atoms with E-state index in [0.717, 1.165) is 4.90 Å². The highest BCUT2D eigenvalue weighted by Gasteiger charge is 2.40. The van der Waals surface area contributed by atoms with Crippen molar-refractivity contribution >= 4 is 39.4 Å². The Balaban J connectivity index is 2.00. The normalized spacial score (nSPS) is 13.5. The van der Waals surface area contributed by atoms with E-state index in [9.17, 15) is 14.4 Å². The first kappa shape index (κ1) is 18.2. The molecule has 0 saturated carbocycles. The number of furan rings is 1. The molecule has 3 heterocycles. The van der Waals surface area contributed by atoms with Crippen LogP contribution in [0.5, 0.6) is 5.75 Å². The summed E-state index contributed by atoms with van der Waals surface area (Å²) in [5.74, 6) is -0.0715. The molecule has 0 fully saturated rings. The summed E-state index contributed by atoms with van der Waals surface area (Å²) in [6.07, 6.45) is 0. The average molecular weight is 403 g/mol. The van der Waals surface area contributed by atoms with E-state index < -0.39 is 17.4 Å². The second-order valence-corrected chi connectivity index (χ2v) is 7.32. The zero-order valence-electron chi connectivity index (χ0n) is 16.8. The topological polar surface area (TPSA) is 90.0 Å². The van der Waals surface area contributed by atoms with E-state index in [2.05, 4.69) is 0 Å². The maximum atomic E-state index is 13.3. The van der Waals surface area contributed by atoms with Crippen LogP contribution >= 0.6 is 0 Å². The summed E-state index contributed by atoms with van der Waals surface area (Å²) in [4.78, 5) is 40.1. The summed E-state index contributed by atoms with van der Waals surface area (Å²) in [5.41, 5.74) is 1.90. The fourth-order valence-electron chi connectivity index (χ4n) is 4.08. The number of aryl methyl sites for hydroxylation is 2. The highest BCUT2D eigenvalue weighted by Crippen LogP contribution is 2.47. The number of hydrogen-bond acceptors (Lipinski definition) is 6. The van der Waals surface area contributed by atoms with Gasteiger partial charge in [-0.2, -0.15) is 0 Å². The number of fused-ring (bicyclic) bond motifs is 3. The lowest BCUT2D eigenvalue weighted by Gasteiger charge is -2.20. The largest absolute Gasteiger partial charge is 0.490 e. The van der Waals surface area contributed by atoms with Crippen molar-refractivity contribution in [3.63, 3.8) is 0 Å². The van der Waals surface area contributed by atoms with Gasteiger partial charge in [0.25, 0.3) is 11.8 Å². The van der Waals surface area contributed by atoms with Gasteiger partial charge in [0.15, 0.2) is 11.2 Å². The number of imide groups is 1. The summed E-state index contributed by atoms with van der Waals surface area (Å²) in [5, 5.41) is 0.995. The molecule has 0 spiro atoms. The average Bonchev–Trinajstić information content (AvgIpc) is 3.23. The molecule has 0 radical (unpaired) electrons. The second-order valence-electron chi connectivity index (χ2n) is 7.32. The van der Waals surface area contributed by atoms with E-state index in [-0.39, 0.29) is 11.3 Å². The van der Waals surface area contributed by atoms with Crippen LogP contribution in [0.4, 0.5) is 5.69 Å². The Bertz CT molecular complexity index is 1440. The predicted octanol–water partition coefficient (Wildman–Crippen LogP) is 4.27. The van der Waals surface area contributed by atoms with Crippen LogP contribution in [-0.2, 0) is 0 Å². The number of carbonyl (C=O) groups excluding carboxylic acids is 2. The van der Waals surface area contributed by atoms with Crippen LogP contribution in [0.3, 0.4) is 0 Å².